The molecule has 0 fully saturated rings. The van der Waals surface area contributed by atoms with Crippen LogP contribution in [0.15, 0.2) is 12.2 Å². The van der Waals surface area contributed by atoms with Crippen LogP contribution in [-0.2, 0) is 14.3 Å². The molecule has 0 radical (unpaired) electrons. The van der Waals surface area contributed by atoms with E-state index in [0.29, 0.717) is 19.4 Å². The van der Waals surface area contributed by atoms with Gasteiger partial charge in [-0.2, -0.15) is 0 Å². The molecule has 0 bridgehead atoms. The average Bonchev–Trinajstić information content (AvgIpc) is 3.47. The molecule has 0 aliphatic rings. The second-order valence-electron chi connectivity index (χ2n) is 26.0. The second kappa shape index (κ2) is 71.1. The molecule has 0 aromatic heterocycles. The SMILES string of the molecule is CCCCCCCCCCCCCCCCCCCCCCC/C=C/C(O)C(CO)NC(=O)CCCCCCCCCCCCCCCCCCCCCCCCCCCCCCCOC(=O)CCCCCCCCCCCCCC. The van der Waals surface area contributed by atoms with Gasteiger partial charge in [0.2, 0.25) is 5.91 Å². The minimum absolute atomic E-state index is 0.0209. The van der Waals surface area contributed by atoms with Gasteiger partial charge in [-0.3, -0.25) is 9.59 Å². The van der Waals surface area contributed by atoms with E-state index in [1.807, 2.05) is 6.08 Å². The van der Waals surface area contributed by atoms with E-state index in [2.05, 4.69) is 19.2 Å². The highest BCUT2D eigenvalue weighted by Crippen LogP contribution is 2.20. The van der Waals surface area contributed by atoms with Gasteiger partial charge in [-0.1, -0.05) is 398 Å². The lowest BCUT2D eigenvalue weighted by atomic mass is 10.0. The lowest BCUT2D eigenvalue weighted by Gasteiger charge is -2.20. The zero-order valence-electron chi connectivity index (χ0n) is 55.3. The molecule has 0 aromatic rings. The Morgan fingerprint density at radius 3 is 0.840 bits per heavy atom. The molecule has 3 N–H and O–H groups in total. The summed E-state index contributed by atoms with van der Waals surface area (Å²) in [5.74, 6) is -0.0382. The molecule has 0 aliphatic heterocycles. The summed E-state index contributed by atoms with van der Waals surface area (Å²) in [6.45, 7) is 4.96. The van der Waals surface area contributed by atoms with Crippen molar-refractivity contribution in [3.05, 3.63) is 12.2 Å². The molecule has 0 rings (SSSR count). The van der Waals surface area contributed by atoms with Crippen molar-refractivity contribution in [3.8, 4) is 0 Å². The van der Waals surface area contributed by atoms with Gasteiger partial charge in [0, 0.05) is 12.8 Å². The Balaban J connectivity index is 3.36. The molecular weight excluding hydrogens is 995 g/mol. The fourth-order valence-corrected chi connectivity index (χ4v) is 12.1. The van der Waals surface area contributed by atoms with Crippen molar-refractivity contribution in [1.29, 1.82) is 0 Å². The maximum absolute atomic E-state index is 12.5. The standard InChI is InChI=1S/C75H147NO5/c1-3-5-7-9-11-13-15-17-18-19-20-21-29-32-35-38-41-44-47-51-55-59-63-67-73(78)72(71-77)76-74(79)68-64-60-56-52-48-45-42-39-36-33-30-27-25-23-22-24-26-28-31-34-37-40-43-46-50-54-58-62-66-70-81-75(80)69-65-61-57-53-49-16-14-12-10-8-6-4-2/h63,67,72-73,77-78H,3-62,64-66,68-71H2,1-2H3,(H,76,79)/b67-63+. The van der Waals surface area contributed by atoms with Crippen molar-refractivity contribution in [2.24, 2.45) is 0 Å². The molecule has 0 saturated carbocycles. The minimum Gasteiger partial charge on any atom is -0.466 e. The number of unbranched alkanes of at least 4 members (excludes halogenated alkanes) is 60. The van der Waals surface area contributed by atoms with Crippen LogP contribution in [0.4, 0.5) is 0 Å². The molecule has 0 aromatic carbocycles. The first-order valence-electron chi connectivity index (χ1n) is 37.5. The number of carbonyl (C=O) groups excluding carboxylic acids is 2. The number of aliphatic hydroxyl groups excluding tert-OH is 2. The Morgan fingerprint density at radius 2 is 0.568 bits per heavy atom. The van der Waals surface area contributed by atoms with Crippen LogP contribution >= 0.6 is 0 Å². The number of hydrogen-bond donors (Lipinski definition) is 3. The highest BCUT2D eigenvalue weighted by molar-refractivity contribution is 5.76. The van der Waals surface area contributed by atoms with E-state index in [1.165, 1.54) is 366 Å². The number of rotatable bonds is 71. The molecule has 482 valence electrons. The van der Waals surface area contributed by atoms with E-state index in [4.69, 9.17) is 4.74 Å². The quantitative estimate of drug-likeness (QED) is 0.0320. The Labute approximate surface area is 508 Å². The van der Waals surface area contributed by atoms with Gasteiger partial charge in [0.15, 0.2) is 0 Å². The number of aliphatic hydroxyl groups is 2. The lowest BCUT2D eigenvalue weighted by Crippen LogP contribution is -2.45. The average molecular weight is 1140 g/mol. The highest BCUT2D eigenvalue weighted by atomic mass is 16.5. The van der Waals surface area contributed by atoms with E-state index in [0.717, 1.165) is 38.5 Å². The van der Waals surface area contributed by atoms with Crippen LogP contribution in [0.1, 0.15) is 431 Å². The number of hydrogen-bond acceptors (Lipinski definition) is 5. The van der Waals surface area contributed by atoms with Crippen molar-refractivity contribution >= 4 is 11.9 Å². The topological polar surface area (TPSA) is 95.9 Å². The Kier molecular flexibility index (Phi) is 69.9. The van der Waals surface area contributed by atoms with Crippen LogP contribution in [0.5, 0.6) is 0 Å². The third-order valence-corrected chi connectivity index (χ3v) is 17.8. The molecular formula is C75H147NO5. The van der Waals surface area contributed by atoms with E-state index in [-0.39, 0.29) is 18.5 Å². The Hall–Kier alpha value is -1.40. The molecule has 6 nitrogen and oxygen atoms in total. The van der Waals surface area contributed by atoms with Crippen molar-refractivity contribution in [3.63, 3.8) is 0 Å². The molecule has 0 spiro atoms. The van der Waals surface area contributed by atoms with Gasteiger partial charge in [-0.15, -0.1) is 0 Å². The molecule has 0 saturated heterocycles. The Bertz CT molecular complexity index is 1220. The van der Waals surface area contributed by atoms with Crippen LogP contribution in [-0.4, -0.2) is 47.4 Å². The normalized spacial score (nSPS) is 12.5. The maximum Gasteiger partial charge on any atom is 0.305 e. The summed E-state index contributed by atoms with van der Waals surface area (Å²) in [5.41, 5.74) is 0. The van der Waals surface area contributed by atoms with Gasteiger partial charge in [0.05, 0.1) is 25.4 Å². The third kappa shape index (κ3) is 67.6. The molecule has 1 amide bonds. The second-order valence-corrected chi connectivity index (χ2v) is 26.0. The number of esters is 1. The summed E-state index contributed by atoms with van der Waals surface area (Å²) < 4.78 is 5.49. The summed E-state index contributed by atoms with van der Waals surface area (Å²) in [7, 11) is 0. The van der Waals surface area contributed by atoms with Gasteiger partial charge in [0.1, 0.15) is 0 Å². The van der Waals surface area contributed by atoms with Crippen molar-refractivity contribution in [2.75, 3.05) is 13.2 Å². The summed E-state index contributed by atoms with van der Waals surface area (Å²) in [6.07, 6.45) is 88.9. The van der Waals surface area contributed by atoms with Crippen molar-refractivity contribution in [2.45, 2.75) is 443 Å². The van der Waals surface area contributed by atoms with Crippen LogP contribution in [0.3, 0.4) is 0 Å². The van der Waals surface area contributed by atoms with Gasteiger partial charge in [0.25, 0.3) is 0 Å². The number of carbonyl (C=O) groups is 2. The highest BCUT2D eigenvalue weighted by Gasteiger charge is 2.18. The number of nitrogens with one attached hydrogen (secondary N) is 1. The van der Waals surface area contributed by atoms with Crippen LogP contribution in [0.2, 0.25) is 0 Å². The van der Waals surface area contributed by atoms with Gasteiger partial charge in [-0.25, -0.2) is 0 Å². The molecule has 2 atom stereocenters. The fourth-order valence-electron chi connectivity index (χ4n) is 12.1. The first kappa shape index (κ1) is 79.6. The third-order valence-electron chi connectivity index (χ3n) is 17.8. The maximum atomic E-state index is 12.5. The minimum atomic E-state index is -0.843. The van der Waals surface area contributed by atoms with Crippen molar-refractivity contribution < 1.29 is 24.5 Å². The predicted molar refractivity (Wildman–Crippen MR) is 357 cm³/mol. The first-order chi connectivity index (χ1) is 40.0. The predicted octanol–water partition coefficient (Wildman–Crippen LogP) is 24.3. The number of amides is 1. The molecule has 0 heterocycles. The van der Waals surface area contributed by atoms with E-state index in [9.17, 15) is 19.8 Å². The van der Waals surface area contributed by atoms with Gasteiger partial charge < -0.3 is 20.3 Å². The molecule has 81 heavy (non-hydrogen) atoms. The molecule has 2 unspecified atom stereocenters. The summed E-state index contributed by atoms with van der Waals surface area (Å²) in [6, 6.07) is -0.626. The van der Waals surface area contributed by atoms with Gasteiger partial charge in [-0.05, 0) is 32.1 Å². The molecule has 0 aliphatic carbocycles. The van der Waals surface area contributed by atoms with E-state index in [1.54, 1.807) is 6.08 Å². The summed E-state index contributed by atoms with van der Waals surface area (Å²) in [5, 5.41) is 23.3. The number of allylic oxidation sites excluding steroid dienone is 1. The monoisotopic (exact) mass is 1140 g/mol. The fraction of sp³-hybridized carbons (Fsp3) is 0.947. The van der Waals surface area contributed by atoms with Crippen LogP contribution < -0.4 is 5.32 Å². The lowest BCUT2D eigenvalue weighted by molar-refractivity contribution is -0.143. The molecule has 6 heteroatoms. The van der Waals surface area contributed by atoms with E-state index < -0.39 is 12.1 Å². The Morgan fingerprint density at radius 1 is 0.333 bits per heavy atom. The summed E-state index contributed by atoms with van der Waals surface area (Å²) in [4.78, 5) is 24.6. The smallest absolute Gasteiger partial charge is 0.305 e. The zero-order valence-corrected chi connectivity index (χ0v) is 55.3. The zero-order chi connectivity index (χ0) is 58.5. The van der Waals surface area contributed by atoms with Crippen LogP contribution in [0, 0.1) is 0 Å². The van der Waals surface area contributed by atoms with Crippen molar-refractivity contribution in [1.82, 2.24) is 5.32 Å². The van der Waals surface area contributed by atoms with E-state index >= 15 is 0 Å². The largest absolute Gasteiger partial charge is 0.466 e. The number of ether oxygens (including phenoxy) is 1. The van der Waals surface area contributed by atoms with Crippen LogP contribution in [0.25, 0.3) is 0 Å². The first-order valence-corrected chi connectivity index (χ1v) is 37.5. The van der Waals surface area contributed by atoms with Gasteiger partial charge >= 0.3 is 5.97 Å². The summed E-state index contributed by atoms with van der Waals surface area (Å²) >= 11 is 0.